The van der Waals surface area contributed by atoms with Crippen LogP contribution in [0.5, 0.6) is 5.75 Å². The van der Waals surface area contributed by atoms with Crippen LogP contribution in [0.15, 0.2) is 76.2 Å². The smallest absolute Gasteiger partial charge is 0.416 e. The Morgan fingerprint density at radius 1 is 0.681 bits per heavy atom. The van der Waals surface area contributed by atoms with Crippen molar-refractivity contribution >= 4 is 81.6 Å². The van der Waals surface area contributed by atoms with Crippen molar-refractivity contribution in [1.82, 2.24) is 20.0 Å². The lowest BCUT2D eigenvalue weighted by atomic mass is 10.0. The number of fused-ring (bicyclic) bond motifs is 3. The predicted octanol–water partition coefficient (Wildman–Crippen LogP) is 6.65. The van der Waals surface area contributed by atoms with E-state index in [9.17, 15) is 61.1 Å². The Morgan fingerprint density at radius 2 is 1.28 bits per heavy atom. The van der Waals surface area contributed by atoms with Gasteiger partial charge in [0, 0.05) is 120 Å². The van der Waals surface area contributed by atoms with Crippen LogP contribution in [0, 0.1) is 0 Å². The average Bonchev–Trinajstić information content (AvgIpc) is 3.62. The molecule has 16 nitrogen and oxygen atoms in total. The molecule has 2 fully saturated rings. The van der Waals surface area contributed by atoms with Crippen molar-refractivity contribution in [3.63, 3.8) is 0 Å². The summed E-state index contributed by atoms with van der Waals surface area (Å²) in [7, 11) is 0. The van der Waals surface area contributed by atoms with Crippen LogP contribution in [-0.4, -0.2) is 125 Å². The predicted molar refractivity (Wildman–Crippen MR) is 255 cm³/mol. The van der Waals surface area contributed by atoms with Crippen molar-refractivity contribution in [2.45, 2.75) is 112 Å². The molecule has 3 aromatic rings. The number of nitrogens with zero attached hydrogens (tertiary/aromatic N) is 4. The van der Waals surface area contributed by atoms with Crippen molar-refractivity contribution in [3.05, 3.63) is 83.1 Å². The molecule has 20 heteroatoms. The number of allylic oxidation sites excluding steroid dienone is 1. The lowest BCUT2D eigenvalue weighted by molar-refractivity contribution is -0.138. The molecule has 1 N–H and O–H groups in total. The number of carbonyl (C=O) groups excluding carboxylic acids is 10. The van der Waals surface area contributed by atoms with Crippen molar-refractivity contribution in [2.75, 3.05) is 50.8 Å². The molecule has 1 atom stereocenters. The summed E-state index contributed by atoms with van der Waals surface area (Å²) >= 11 is 1.45. The van der Waals surface area contributed by atoms with E-state index in [1.807, 2.05) is 40.0 Å². The van der Waals surface area contributed by atoms with E-state index in [-0.39, 0.29) is 136 Å². The molecule has 380 valence electrons. The third kappa shape index (κ3) is 13.4. The van der Waals surface area contributed by atoms with E-state index in [2.05, 4.69) is 10.2 Å². The molecule has 0 bridgehead atoms. The Hall–Kier alpha value is -6.76. The van der Waals surface area contributed by atoms with Crippen LogP contribution in [0.25, 0.3) is 0 Å². The third-order valence-corrected chi connectivity index (χ3v) is 14.3. The van der Waals surface area contributed by atoms with Gasteiger partial charge in [0.05, 0.1) is 40.4 Å². The zero-order chi connectivity index (χ0) is 51.5. The molecule has 1 unspecified atom stereocenters. The summed E-state index contributed by atoms with van der Waals surface area (Å²) in [5, 5.41) is 2.13. The first-order valence-corrected chi connectivity index (χ1v) is 24.8. The van der Waals surface area contributed by atoms with E-state index in [1.54, 1.807) is 0 Å². The number of carbonyl (C=O) groups is 9. The van der Waals surface area contributed by atoms with E-state index in [0.29, 0.717) is 57.1 Å². The summed E-state index contributed by atoms with van der Waals surface area (Å²) in [5.41, 5.74) is 1.06. The first-order valence-electron chi connectivity index (χ1n) is 24.0. The van der Waals surface area contributed by atoms with Crippen molar-refractivity contribution < 1.29 is 65.9 Å². The fourth-order valence-electron chi connectivity index (χ4n) is 9.09. The van der Waals surface area contributed by atoms with Crippen LogP contribution < -0.4 is 15.0 Å². The topological polar surface area (TPSA) is 205 Å². The second kappa shape index (κ2) is 24.1. The fourth-order valence-corrected chi connectivity index (χ4v) is 10.2. The summed E-state index contributed by atoms with van der Waals surface area (Å²) < 4.78 is 46.6. The zero-order valence-corrected chi connectivity index (χ0v) is 40.3. The first-order chi connectivity index (χ1) is 34.5. The highest BCUT2D eigenvalue weighted by Crippen LogP contribution is 2.49. The molecule has 0 aliphatic carbocycles. The summed E-state index contributed by atoms with van der Waals surface area (Å²) in [4.78, 5) is 133. The van der Waals surface area contributed by atoms with Gasteiger partial charge in [0.2, 0.25) is 11.8 Å². The summed E-state index contributed by atoms with van der Waals surface area (Å²) in [6.45, 7) is 3.42. The van der Waals surface area contributed by atoms with E-state index < -0.39 is 41.4 Å². The second-order valence-electron chi connectivity index (χ2n) is 18.1. The Kier molecular flexibility index (Phi) is 17.8. The number of alkyl halides is 3. The van der Waals surface area contributed by atoms with Crippen LogP contribution in [0.2, 0.25) is 0 Å². The number of imide groups is 2. The molecule has 0 radical (unpaired) electrons. The highest BCUT2D eigenvalue weighted by Gasteiger charge is 2.46. The minimum absolute atomic E-state index is 0.00370. The SMILES string of the molecule is O=C=C(CCC(=O)CCC(=O)CCC(=O)CCC(=O)CCC(=O)CCOc1cccc2c1C(=O)N(C1CCC(=O)NC1=O)C2=O)N1CCN(CCCN2c3ccccc3Sc3ccc(C(F)(F)F)cc32)CC1. The molecule has 4 amide bonds. The molecule has 0 saturated carbocycles. The molecule has 72 heavy (non-hydrogen) atoms. The van der Waals surface area contributed by atoms with Gasteiger partial charge in [0.15, 0.2) is 0 Å². The van der Waals surface area contributed by atoms with Crippen LogP contribution in [0.3, 0.4) is 0 Å². The third-order valence-electron chi connectivity index (χ3n) is 13.1. The lowest BCUT2D eigenvalue weighted by Gasteiger charge is -2.37. The first kappa shape index (κ1) is 53.0. The van der Waals surface area contributed by atoms with E-state index in [0.717, 1.165) is 26.4 Å². The van der Waals surface area contributed by atoms with Gasteiger partial charge in [-0.2, -0.15) is 13.2 Å². The molecule has 4 aliphatic rings. The highest BCUT2D eigenvalue weighted by molar-refractivity contribution is 7.99. The number of anilines is 2. The Bertz CT molecular complexity index is 2700. The van der Waals surface area contributed by atoms with Gasteiger partial charge in [-0.1, -0.05) is 30.0 Å². The molecule has 4 heterocycles. The maximum absolute atomic E-state index is 13.6. The summed E-state index contributed by atoms with van der Waals surface area (Å²) in [6, 6.07) is 14.7. The van der Waals surface area contributed by atoms with E-state index >= 15 is 0 Å². The van der Waals surface area contributed by atoms with Gasteiger partial charge < -0.3 is 14.5 Å². The minimum Gasteiger partial charge on any atom is -0.492 e. The largest absolute Gasteiger partial charge is 0.492 e. The number of piperazine rings is 1. The van der Waals surface area contributed by atoms with Gasteiger partial charge in [-0.3, -0.25) is 58.3 Å². The standard InChI is InChI=1S/C52H54F3N5O11S/c53-52(54,55)33-9-21-46-43(31-33)59(41-6-1-2-8-45(41)72-46)25-4-24-57-26-28-58(29-27-57)34(32-61)10-11-35(62)12-13-36(63)14-15-37(64)16-17-38(65)18-19-39(66)23-30-71-44-7-3-5-40-48(44)51(70)60(50(40)69)42-20-22-47(67)56-49(42)68/h1-3,5-9,21,31,42H,4,10-20,22-30H2,(H,56,67,68). The van der Waals surface area contributed by atoms with Crippen molar-refractivity contribution in [1.29, 1.82) is 0 Å². The van der Waals surface area contributed by atoms with Gasteiger partial charge in [-0.05, 0) is 61.9 Å². The summed E-state index contributed by atoms with van der Waals surface area (Å²) in [5.74, 6) is -2.05. The molecule has 4 aliphatic heterocycles. The summed E-state index contributed by atoms with van der Waals surface area (Å²) in [6.07, 6.45) is -4.38. The van der Waals surface area contributed by atoms with Gasteiger partial charge in [0.1, 0.15) is 46.6 Å². The molecular formula is C52H54F3N5O11S. The average molecular weight is 1010 g/mol. The number of para-hydroxylation sites is 1. The number of hydrogen-bond acceptors (Lipinski definition) is 15. The van der Waals surface area contributed by atoms with Gasteiger partial charge >= 0.3 is 6.18 Å². The van der Waals surface area contributed by atoms with Crippen LogP contribution >= 0.6 is 11.8 Å². The minimum atomic E-state index is -4.46. The van der Waals surface area contributed by atoms with Crippen LogP contribution in [-0.2, 0) is 44.5 Å². The zero-order valence-electron chi connectivity index (χ0n) is 39.5. The van der Waals surface area contributed by atoms with E-state index in [4.69, 9.17) is 4.74 Å². The van der Waals surface area contributed by atoms with Crippen molar-refractivity contribution in [2.24, 2.45) is 0 Å². The number of benzene rings is 3. The highest BCUT2D eigenvalue weighted by atomic mass is 32.2. The van der Waals surface area contributed by atoms with Crippen LogP contribution in [0.1, 0.15) is 116 Å². The Morgan fingerprint density at radius 3 is 1.89 bits per heavy atom. The number of amides is 4. The van der Waals surface area contributed by atoms with E-state index in [1.165, 1.54) is 42.1 Å². The lowest BCUT2D eigenvalue weighted by Crippen LogP contribution is -2.54. The normalized spacial score (nSPS) is 16.7. The van der Waals surface area contributed by atoms with Gasteiger partial charge in [0.25, 0.3) is 11.8 Å². The fraction of sp³-hybridized carbons (Fsp3) is 0.442. The van der Waals surface area contributed by atoms with Gasteiger partial charge in [-0.25, -0.2) is 4.79 Å². The number of nitrogens with one attached hydrogen (secondary N) is 1. The Labute approximate surface area is 417 Å². The number of hydrogen-bond donors (Lipinski definition) is 1. The number of ketones is 5. The molecule has 3 aromatic carbocycles. The number of Topliss-reactive ketones (excluding diaryl/α,β-unsaturated/α-hetero) is 5. The molecule has 7 rings (SSSR count). The molecule has 0 spiro atoms. The molecular weight excluding hydrogens is 960 g/mol. The maximum Gasteiger partial charge on any atom is 0.416 e. The number of halogens is 3. The number of piperidine rings is 1. The van der Waals surface area contributed by atoms with Crippen molar-refractivity contribution in [3.8, 4) is 5.75 Å². The maximum atomic E-state index is 13.6. The molecule has 0 aromatic heterocycles. The van der Waals surface area contributed by atoms with Crippen LogP contribution in [0.4, 0.5) is 24.5 Å². The van der Waals surface area contributed by atoms with Gasteiger partial charge in [-0.15, -0.1) is 0 Å². The quantitative estimate of drug-likeness (QED) is 0.0697. The molecule has 2 saturated heterocycles. The Balaban J connectivity index is 0.729. The monoisotopic (exact) mass is 1010 g/mol. The second-order valence-corrected chi connectivity index (χ2v) is 19.1. The number of ether oxygens (including phenoxy) is 1. The number of rotatable bonds is 25.